The minimum absolute atomic E-state index is 0.138. The summed E-state index contributed by atoms with van der Waals surface area (Å²) < 4.78 is 0. The average molecular weight is 245 g/mol. The monoisotopic (exact) mass is 245 g/mol. The summed E-state index contributed by atoms with van der Waals surface area (Å²) in [6.07, 6.45) is 6.92. The van der Waals surface area contributed by atoms with Gasteiger partial charge >= 0.3 is 0 Å². The Bertz CT molecular complexity index is 426. The number of nitrogens with zero attached hydrogens (tertiary/aromatic N) is 2. The molecule has 2 fully saturated rings. The Morgan fingerprint density at radius 1 is 1.33 bits per heavy atom. The van der Waals surface area contributed by atoms with Crippen LogP contribution in [0.5, 0.6) is 0 Å². The van der Waals surface area contributed by atoms with E-state index in [9.17, 15) is 4.79 Å². The molecule has 0 unspecified atom stereocenters. The Morgan fingerprint density at radius 2 is 2.17 bits per heavy atom. The highest BCUT2D eigenvalue weighted by atomic mass is 16.2. The minimum Gasteiger partial charge on any atom is -0.338 e. The molecule has 4 nitrogen and oxygen atoms in total. The molecule has 96 valence electrons. The highest BCUT2D eigenvalue weighted by Gasteiger charge is 2.40. The van der Waals surface area contributed by atoms with Crippen LogP contribution in [0.1, 0.15) is 29.6 Å². The molecule has 1 N–H and O–H groups in total. The van der Waals surface area contributed by atoms with Crippen LogP contribution >= 0.6 is 0 Å². The largest absolute Gasteiger partial charge is 0.338 e. The number of amides is 1. The number of likely N-dealkylation sites (tertiary alicyclic amines) is 1. The fourth-order valence-electron chi connectivity index (χ4n) is 3.15. The summed E-state index contributed by atoms with van der Waals surface area (Å²) in [7, 11) is 0. The van der Waals surface area contributed by atoms with E-state index in [0.29, 0.717) is 11.0 Å². The van der Waals surface area contributed by atoms with E-state index in [0.717, 1.165) is 32.6 Å². The fraction of sp³-hybridized carbons (Fsp3) is 0.571. The molecule has 2 saturated heterocycles. The van der Waals surface area contributed by atoms with E-state index in [1.54, 1.807) is 12.4 Å². The highest BCUT2D eigenvalue weighted by molar-refractivity contribution is 5.94. The third kappa shape index (κ3) is 2.12. The Kier molecular flexibility index (Phi) is 3.04. The van der Waals surface area contributed by atoms with Gasteiger partial charge < -0.3 is 10.2 Å². The Labute approximate surface area is 107 Å². The topological polar surface area (TPSA) is 45.2 Å². The third-order valence-electron chi connectivity index (χ3n) is 4.30. The van der Waals surface area contributed by atoms with Gasteiger partial charge in [-0.25, -0.2) is 0 Å². The lowest BCUT2D eigenvalue weighted by molar-refractivity contribution is 0.0761. The van der Waals surface area contributed by atoms with Gasteiger partial charge in [-0.05, 0) is 49.9 Å². The molecule has 3 heterocycles. The van der Waals surface area contributed by atoms with Crippen molar-refractivity contribution in [3.63, 3.8) is 0 Å². The SMILES string of the molecule is O=C(c1cccnc1)N1CCC2(CCNCC2)C1. The summed E-state index contributed by atoms with van der Waals surface area (Å²) in [5.41, 5.74) is 1.09. The van der Waals surface area contributed by atoms with E-state index >= 15 is 0 Å². The quantitative estimate of drug-likeness (QED) is 0.811. The van der Waals surface area contributed by atoms with E-state index in [1.807, 2.05) is 17.0 Å². The molecule has 18 heavy (non-hydrogen) atoms. The van der Waals surface area contributed by atoms with E-state index in [1.165, 1.54) is 12.8 Å². The lowest BCUT2D eigenvalue weighted by Crippen LogP contribution is -2.39. The zero-order valence-corrected chi connectivity index (χ0v) is 10.6. The van der Waals surface area contributed by atoms with Gasteiger partial charge in [-0.2, -0.15) is 0 Å². The molecule has 0 radical (unpaired) electrons. The van der Waals surface area contributed by atoms with Crippen molar-refractivity contribution in [1.82, 2.24) is 15.2 Å². The Balaban J connectivity index is 1.70. The molecule has 1 aromatic rings. The molecule has 0 aliphatic carbocycles. The molecular weight excluding hydrogens is 226 g/mol. The maximum absolute atomic E-state index is 12.3. The van der Waals surface area contributed by atoms with Crippen LogP contribution < -0.4 is 5.32 Å². The third-order valence-corrected chi connectivity index (χ3v) is 4.30. The molecule has 1 spiro atoms. The van der Waals surface area contributed by atoms with Crippen LogP contribution in [0.4, 0.5) is 0 Å². The van der Waals surface area contributed by atoms with Crippen LogP contribution in [0.3, 0.4) is 0 Å². The van der Waals surface area contributed by atoms with Crippen molar-refractivity contribution in [3.05, 3.63) is 30.1 Å². The predicted octanol–water partition coefficient (Wildman–Crippen LogP) is 1.30. The van der Waals surface area contributed by atoms with Crippen molar-refractivity contribution in [1.29, 1.82) is 0 Å². The molecule has 2 aliphatic rings. The number of aromatic nitrogens is 1. The van der Waals surface area contributed by atoms with Gasteiger partial charge in [-0.1, -0.05) is 0 Å². The van der Waals surface area contributed by atoms with Gasteiger partial charge in [-0.3, -0.25) is 9.78 Å². The van der Waals surface area contributed by atoms with Crippen LogP contribution in [-0.2, 0) is 0 Å². The number of carbonyl (C=O) groups is 1. The highest BCUT2D eigenvalue weighted by Crippen LogP contribution is 2.38. The summed E-state index contributed by atoms with van der Waals surface area (Å²) in [4.78, 5) is 18.4. The summed E-state index contributed by atoms with van der Waals surface area (Å²) >= 11 is 0. The number of carbonyl (C=O) groups excluding carboxylic acids is 1. The minimum atomic E-state index is 0.138. The van der Waals surface area contributed by atoms with Crippen molar-refractivity contribution in [2.75, 3.05) is 26.2 Å². The zero-order valence-electron chi connectivity index (χ0n) is 10.6. The summed E-state index contributed by atoms with van der Waals surface area (Å²) in [5, 5.41) is 3.40. The van der Waals surface area contributed by atoms with Gasteiger partial charge in [0.15, 0.2) is 0 Å². The molecule has 0 bridgehead atoms. The lowest BCUT2D eigenvalue weighted by Gasteiger charge is -2.33. The van der Waals surface area contributed by atoms with Crippen molar-refractivity contribution in [2.45, 2.75) is 19.3 Å². The first-order chi connectivity index (χ1) is 8.79. The van der Waals surface area contributed by atoms with Gasteiger partial charge in [0.2, 0.25) is 0 Å². The summed E-state index contributed by atoms with van der Waals surface area (Å²) in [6, 6.07) is 3.67. The van der Waals surface area contributed by atoms with E-state index in [2.05, 4.69) is 10.3 Å². The molecule has 3 rings (SSSR count). The Hall–Kier alpha value is -1.42. The molecule has 0 saturated carbocycles. The van der Waals surface area contributed by atoms with Crippen LogP contribution in [-0.4, -0.2) is 42.0 Å². The Morgan fingerprint density at radius 3 is 2.89 bits per heavy atom. The molecule has 1 aromatic heterocycles. The maximum Gasteiger partial charge on any atom is 0.255 e. The second kappa shape index (κ2) is 4.69. The van der Waals surface area contributed by atoms with Crippen LogP contribution in [0.25, 0.3) is 0 Å². The van der Waals surface area contributed by atoms with Gasteiger partial charge in [0.25, 0.3) is 5.91 Å². The molecule has 0 aromatic carbocycles. The smallest absolute Gasteiger partial charge is 0.255 e. The maximum atomic E-state index is 12.3. The molecular formula is C14H19N3O. The van der Waals surface area contributed by atoms with Crippen LogP contribution in [0.2, 0.25) is 0 Å². The first-order valence-corrected chi connectivity index (χ1v) is 6.69. The first-order valence-electron chi connectivity index (χ1n) is 6.69. The van der Waals surface area contributed by atoms with Crippen molar-refractivity contribution >= 4 is 5.91 Å². The van der Waals surface area contributed by atoms with Crippen molar-refractivity contribution in [2.24, 2.45) is 5.41 Å². The molecule has 1 amide bonds. The van der Waals surface area contributed by atoms with E-state index in [4.69, 9.17) is 0 Å². The number of pyridine rings is 1. The van der Waals surface area contributed by atoms with E-state index < -0.39 is 0 Å². The second-order valence-electron chi connectivity index (χ2n) is 5.47. The molecule has 4 heteroatoms. The number of rotatable bonds is 1. The zero-order chi connectivity index (χ0) is 12.4. The summed E-state index contributed by atoms with van der Waals surface area (Å²) in [6.45, 7) is 4.00. The number of nitrogens with one attached hydrogen (secondary N) is 1. The predicted molar refractivity (Wildman–Crippen MR) is 69.3 cm³/mol. The van der Waals surface area contributed by atoms with Crippen LogP contribution in [0.15, 0.2) is 24.5 Å². The molecule has 2 aliphatic heterocycles. The van der Waals surface area contributed by atoms with Gasteiger partial charge in [0.05, 0.1) is 5.56 Å². The number of hydrogen-bond donors (Lipinski definition) is 1. The van der Waals surface area contributed by atoms with Crippen molar-refractivity contribution < 1.29 is 4.79 Å². The van der Waals surface area contributed by atoms with Crippen molar-refractivity contribution in [3.8, 4) is 0 Å². The van der Waals surface area contributed by atoms with Crippen LogP contribution in [0, 0.1) is 5.41 Å². The van der Waals surface area contributed by atoms with Gasteiger partial charge in [0.1, 0.15) is 0 Å². The first kappa shape index (κ1) is 11.7. The number of hydrogen-bond acceptors (Lipinski definition) is 3. The average Bonchev–Trinajstić information content (AvgIpc) is 2.83. The standard InChI is InChI=1S/C14H19N3O/c18-13(12-2-1-6-16-10-12)17-9-5-14(11-17)3-7-15-8-4-14/h1-2,6,10,15H,3-5,7-9,11H2. The number of piperidine rings is 1. The van der Waals surface area contributed by atoms with Gasteiger partial charge in [0, 0.05) is 25.5 Å². The molecule has 0 atom stereocenters. The van der Waals surface area contributed by atoms with E-state index in [-0.39, 0.29) is 5.91 Å². The second-order valence-corrected chi connectivity index (χ2v) is 5.47. The normalized spacial score (nSPS) is 22.3. The lowest BCUT2D eigenvalue weighted by atomic mass is 9.78. The fourth-order valence-corrected chi connectivity index (χ4v) is 3.15. The summed E-state index contributed by atoms with van der Waals surface area (Å²) in [5.74, 6) is 0.138. The van der Waals surface area contributed by atoms with Gasteiger partial charge in [-0.15, -0.1) is 0 Å².